The van der Waals surface area contributed by atoms with Crippen molar-refractivity contribution in [3.8, 4) is 0 Å². The van der Waals surface area contributed by atoms with Gasteiger partial charge in [-0.25, -0.2) is 13.1 Å². The van der Waals surface area contributed by atoms with Crippen molar-refractivity contribution < 1.29 is 13.2 Å². The fourth-order valence-corrected chi connectivity index (χ4v) is 4.02. The number of nitrogens with zero attached hydrogens (tertiary/aromatic N) is 1. The summed E-state index contributed by atoms with van der Waals surface area (Å²) >= 11 is 0. The van der Waals surface area contributed by atoms with Gasteiger partial charge < -0.3 is 10.2 Å². The summed E-state index contributed by atoms with van der Waals surface area (Å²) in [5.74, 6) is -0.127. The van der Waals surface area contributed by atoms with Crippen LogP contribution in [-0.4, -0.2) is 57.2 Å². The Balaban J connectivity index is 1.81. The van der Waals surface area contributed by atoms with E-state index in [4.69, 9.17) is 0 Å². The van der Waals surface area contributed by atoms with E-state index in [1.165, 1.54) is 0 Å². The lowest BCUT2D eigenvalue weighted by Crippen LogP contribution is -2.50. The summed E-state index contributed by atoms with van der Waals surface area (Å²) in [4.78, 5) is 13.5. The first kappa shape index (κ1) is 13.8. The average Bonchev–Trinajstić information content (AvgIpc) is 2.92. The number of sulfonamides is 1. The van der Waals surface area contributed by atoms with Crippen molar-refractivity contribution in [3.63, 3.8) is 0 Å². The molecule has 1 saturated heterocycles. The molecule has 7 heteroatoms. The van der Waals surface area contributed by atoms with Gasteiger partial charge in [0, 0.05) is 26.2 Å². The summed E-state index contributed by atoms with van der Waals surface area (Å²) in [6, 6.07) is 0. The minimum absolute atomic E-state index is 0.0984. The number of hydrogen-bond donors (Lipinski definition) is 2. The zero-order valence-electron chi connectivity index (χ0n) is 10.5. The van der Waals surface area contributed by atoms with Crippen LogP contribution in [0.25, 0.3) is 0 Å². The Hall–Kier alpha value is -0.660. The fourth-order valence-electron chi connectivity index (χ4n) is 2.50. The molecule has 1 saturated carbocycles. The molecular weight excluding hydrogens is 254 g/mol. The zero-order chi connectivity index (χ0) is 13.0. The summed E-state index contributed by atoms with van der Waals surface area (Å²) in [5, 5.41) is 2.86. The summed E-state index contributed by atoms with van der Waals surface area (Å²) in [6.45, 7) is 2.77. The molecule has 18 heavy (non-hydrogen) atoms. The number of carbonyl (C=O) groups is 1. The average molecular weight is 275 g/mol. The van der Waals surface area contributed by atoms with Crippen molar-refractivity contribution >= 4 is 15.9 Å². The molecule has 0 atom stereocenters. The maximum absolute atomic E-state index is 11.9. The lowest BCUT2D eigenvalue weighted by atomic mass is 10.3. The van der Waals surface area contributed by atoms with Crippen LogP contribution < -0.4 is 10.0 Å². The molecule has 2 N–H and O–H groups in total. The number of hydrogen-bond acceptors (Lipinski definition) is 4. The van der Waals surface area contributed by atoms with Gasteiger partial charge in [0.15, 0.2) is 0 Å². The minimum Gasteiger partial charge on any atom is -0.339 e. The Morgan fingerprint density at radius 2 is 1.83 bits per heavy atom. The molecule has 2 rings (SSSR count). The van der Waals surface area contributed by atoms with Gasteiger partial charge in [0.05, 0.1) is 11.8 Å². The van der Waals surface area contributed by atoms with Crippen molar-refractivity contribution in [1.82, 2.24) is 14.9 Å². The summed E-state index contributed by atoms with van der Waals surface area (Å²) in [7, 11) is -3.31. The van der Waals surface area contributed by atoms with Crippen LogP contribution in [0.15, 0.2) is 0 Å². The third-order valence-corrected chi connectivity index (χ3v) is 5.53. The molecule has 0 radical (unpaired) electrons. The summed E-state index contributed by atoms with van der Waals surface area (Å²) < 4.78 is 26.3. The molecule has 0 bridgehead atoms. The fraction of sp³-hybridized carbons (Fsp3) is 0.909. The van der Waals surface area contributed by atoms with Gasteiger partial charge in [-0.05, 0) is 12.8 Å². The standard InChI is InChI=1S/C11H21N3O3S/c15-11(14-7-5-12-6-8-14)9-13-18(16,17)10-3-1-2-4-10/h10,12-13H,1-9H2. The Morgan fingerprint density at radius 3 is 2.44 bits per heavy atom. The highest BCUT2D eigenvalue weighted by Crippen LogP contribution is 2.23. The van der Waals surface area contributed by atoms with Gasteiger partial charge in [0.25, 0.3) is 0 Å². The molecule has 0 aromatic carbocycles. The van der Waals surface area contributed by atoms with Crippen molar-refractivity contribution in [3.05, 3.63) is 0 Å². The van der Waals surface area contributed by atoms with E-state index in [1.54, 1.807) is 4.90 Å². The van der Waals surface area contributed by atoms with Gasteiger partial charge in [-0.2, -0.15) is 0 Å². The second kappa shape index (κ2) is 5.99. The third kappa shape index (κ3) is 3.43. The van der Waals surface area contributed by atoms with E-state index in [9.17, 15) is 13.2 Å². The quantitative estimate of drug-likeness (QED) is 0.710. The van der Waals surface area contributed by atoms with E-state index >= 15 is 0 Å². The molecule has 1 heterocycles. The molecule has 0 spiro atoms. The first-order chi connectivity index (χ1) is 8.59. The normalized spacial score (nSPS) is 22.3. The smallest absolute Gasteiger partial charge is 0.237 e. The van der Waals surface area contributed by atoms with Crippen LogP contribution in [0, 0.1) is 0 Å². The highest BCUT2D eigenvalue weighted by molar-refractivity contribution is 7.90. The number of carbonyl (C=O) groups excluding carboxylic acids is 1. The molecule has 1 amide bonds. The van der Waals surface area contributed by atoms with Crippen molar-refractivity contribution in [2.75, 3.05) is 32.7 Å². The Bertz CT molecular complexity index is 384. The first-order valence-electron chi connectivity index (χ1n) is 6.56. The third-order valence-electron chi connectivity index (χ3n) is 3.64. The number of nitrogens with one attached hydrogen (secondary N) is 2. The highest BCUT2D eigenvalue weighted by Gasteiger charge is 2.29. The van der Waals surface area contributed by atoms with E-state index in [-0.39, 0.29) is 17.7 Å². The Kier molecular flexibility index (Phi) is 4.58. The second-order valence-electron chi connectivity index (χ2n) is 4.90. The first-order valence-corrected chi connectivity index (χ1v) is 8.11. The van der Waals surface area contributed by atoms with Crippen molar-refractivity contribution in [1.29, 1.82) is 0 Å². The van der Waals surface area contributed by atoms with Crippen molar-refractivity contribution in [2.45, 2.75) is 30.9 Å². The van der Waals surface area contributed by atoms with E-state index in [1.807, 2.05) is 0 Å². The van der Waals surface area contributed by atoms with Gasteiger partial charge in [-0.3, -0.25) is 4.79 Å². The predicted molar refractivity (Wildman–Crippen MR) is 68.6 cm³/mol. The Labute approximate surface area is 108 Å². The monoisotopic (exact) mass is 275 g/mol. The van der Waals surface area contributed by atoms with Crippen LogP contribution in [0.2, 0.25) is 0 Å². The minimum atomic E-state index is -3.31. The lowest BCUT2D eigenvalue weighted by Gasteiger charge is -2.27. The molecule has 0 unspecified atom stereocenters. The van der Waals surface area contributed by atoms with Gasteiger partial charge in [0.2, 0.25) is 15.9 Å². The highest BCUT2D eigenvalue weighted by atomic mass is 32.2. The predicted octanol–water partition coefficient (Wildman–Crippen LogP) is -0.720. The molecule has 0 aromatic heterocycles. The van der Waals surface area contributed by atoms with Crippen LogP contribution in [0.1, 0.15) is 25.7 Å². The summed E-state index contributed by atoms with van der Waals surface area (Å²) in [6.07, 6.45) is 3.38. The molecule has 1 aliphatic heterocycles. The molecule has 2 aliphatic rings. The number of amides is 1. The maximum atomic E-state index is 11.9. The molecule has 0 aromatic rings. The van der Waals surface area contributed by atoms with Crippen LogP contribution in [-0.2, 0) is 14.8 Å². The zero-order valence-corrected chi connectivity index (χ0v) is 11.3. The number of rotatable bonds is 4. The van der Waals surface area contributed by atoms with Gasteiger partial charge in [-0.1, -0.05) is 12.8 Å². The van der Waals surface area contributed by atoms with Crippen LogP contribution in [0.3, 0.4) is 0 Å². The molecule has 104 valence electrons. The molecule has 2 fully saturated rings. The van der Waals surface area contributed by atoms with E-state index in [0.29, 0.717) is 13.1 Å². The van der Waals surface area contributed by atoms with E-state index < -0.39 is 10.0 Å². The lowest BCUT2D eigenvalue weighted by molar-refractivity contribution is -0.130. The van der Waals surface area contributed by atoms with Gasteiger partial charge in [-0.15, -0.1) is 0 Å². The second-order valence-corrected chi connectivity index (χ2v) is 6.95. The SMILES string of the molecule is O=C(CNS(=O)(=O)C1CCCC1)N1CCNCC1. The van der Waals surface area contributed by atoms with Gasteiger partial charge in [0.1, 0.15) is 0 Å². The maximum Gasteiger partial charge on any atom is 0.237 e. The number of piperazine rings is 1. The largest absolute Gasteiger partial charge is 0.339 e. The van der Waals surface area contributed by atoms with Gasteiger partial charge >= 0.3 is 0 Å². The summed E-state index contributed by atoms with van der Waals surface area (Å²) in [5.41, 5.74) is 0. The molecule has 6 nitrogen and oxygen atoms in total. The van der Waals surface area contributed by atoms with E-state index in [0.717, 1.165) is 38.8 Å². The van der Waals surface area contributed by atoms with Crippen LogP contribution in [0.5, 0.6) is 0 Å². The van der Waals surface area contributed by atoms with E-state index in [2.05, 4.69) is 10.0 Å². The molecular formula is C11H21N3O3S. The topological polar surface area (TPSA) is 78.5 Å². The van der Waals surface area contributed by atoms with Crippen LogP contribution in [0.4, 0.5) is 0 Å². The van der Waals surface area contributed by atoms with Crippen LogP contribution >= 0.6 is 0 Å². The van der Waals surface area contributed by atoms with Crippen molar-refractivity contribution in [2.24, 2.45) is 0 Å². The Morgan fingerprint density at radius 1 is 1.22 bits per heavy atom. The molecule has 1 aliphatic carbocycles.